The third kappa shape index (κ3) is 15.4. The van der Waals surface area contributed by atoms with Crippen molar-refractivity contribution in [2.75, 3.05) is 54.6 Å². The fourth-order valence-electron chi connectivity index (χ4n) is 8.45. The Kier molecular flexibility index (Phi) is 23.3. The van der Waals surface area contributed by atoms with Crippen LogP contribution in [0.25, 0.3) is 0 Å². The SMILES string of the molecule is CCC(C)[C@@H]([C@@H](CC(=O)N1CCC[C@H]1[C@H](OC)[C@@H](C)C(=O)N[C@](C=O)(CNCCCOC(=O)[C@H](C)N)Cc1ccccc1)OC)N(C)C(=O)[C@@H](NC(=O)[C@@H](NC)C(C)C)C(C)C. The number of likely N-dealkylation sites (N-methyl/N-ethyl adjacent to an activating group) is 2. The van der Waals surface area contributed by atoms with Gasteiger partial charge in [-0.3, -0.25) is 24.0 Å². The third-order valence-corrected chi connectivity index (χ3v) is 12.3. The van der Waals surface area contributed by atoms with Gasteiger partial charge in [-0.25, -0.2) is 0 Å². The number of carbonyl (C=O) groups is 6. The number of carbonyl (C=O) groups excluding carboxylic acids is 6. The fourth-order valence-corrected chi connectivity index (χ4v) is 8.45. The van der Waals surface area contributed by atoms with E-state index in [-0.39, 0.29) is 61.5 Å². The van der Waals surface area contributed by atoms with E-state index in [4.69, 9.17) is 19.9 Å². The number of hydrogen-bond acceptors (Lipinski definition) is 12. The number of esters is 1. The van der Waals surface area contributed by atoms with Gasteiger partial charge in [0, 0.05) is 40.8 Å². The van der Waals surface area contributed by atoms with Gasteiger partial charge in [-0.15, -0.1) is 0 Å². The number of aldehydes is 1. The highest BCUT2D eigenvalue weighted by Crippen LogP contribution is 2.30. The zero-order valence-corrected chi connectivity index (χ0v) is 39.5. The number of benzene rings is 1. The van der Waals surface area contributed by atoms with Crippen molar-refractivity contribution in [2.45, 2.75) is 142 Å². The number of ether oxygens (including phenoxy) is 3. The standard InChI is InChI=1S/C46H79N7O9/c1-13-31(6)40(52(10)44(58)39(30(4)5)50-43(57)38(48-9)29(2)3)36(60-11)25-37(55)53-23-17-21-35(53)41(61-12)32(7)42(56)51-46(28-54,26-34-19-15-14-16-20-34)27-49-22-18-24-62-45(59)33(8)47/h14-16,19-20,28-33,35-36,38-41,48-49H,13,17-18,21-27,47H2,1-12H3,(H,50,57)(H,51,56)/t31?,32-,33+,35+,36-,38+,39+,40+,41-,46+/m1/s1. The molecule has 352 valence electrons. The Morgan fingerprint density at radius 2 is 1.61 bits per heavy atom. The molecule has 4 amide bonds. The van der Waals surface area contributed by atoms with Crippen LogP contribution in [0.4, 0.5) is 0 Å². The van der Waals surface area contributed by atoms with Crippen LogP contribution in [0.15, 0.2) is 30.3 Å². The van der Waals surface area contributed by atoms with Crippen molar-refractivity contribution in [2.24, 2.45) is 29.4 Å². The van der Waals surface area contributed by atoms with Gasteiger partial charge in [0.1, 0.15) is 23.9 Å². The van der Waals surface area contributed by atoms with Crippen LogP contribution in [0.1, 0.15) is 93.1 Å². The number of nitrogens with one attached hydrogen (secondary N) is 4. The molecule has 1 saturated heterocycles. The van der Waals surface area contributed by atoms with Gasteiger partial charge in [0.15, 0.2) is 0 Å². The zero-order chi connectivity index (χ0) is 46.7. The molecule has 0 aliphatic carbocycles. The lowest BCUT2D eigenvalue weighted by Crippen LogP contribution is -2.61. The molecule has 1 heterocycles. The van der Waals surface area contributed by atoms with Gasteiger partial charge in [0.2, 0.25) is 23.6 Å². The third-order valence-electron chi connectivity index (χ3n) is 12.3. The molecule has 1 fully saturated rings. The van der Waals surface area contributed by atoms with Gasteiger partial charge in [-0.05, 0) is 63.1 Å². The van der Waals surface area contributed by atoms with Crippen LogP contribution < -0.4 is 27.0 Å². The van der Waals surface area contributed by atoms with Gasteiger partial charge in [-0.2, -0.15) is 0 Å². The maximum atomic E-state index is 14.4. The first-order valence-electron chi connectivity index (χ1n) is 22.4. The first-order valence-corrected chi connectivity index (χ1v) is 22.4. The number of amides is 4. The van der Waals surface area contributed by atoms with Gasteiger partial charge in [-0.1, -0.05) is 85.2 Å². The summed E-state index contributed by atoms with van der Waals surface area (Å²) in [5, 5.41) is 12.3. The van der Waals surface area contributed by atoms with E-state index >= 15 is 0 Å². The van der Waals surface area contributed by atoms with Gasteiger partial charge in [0.05, 0.1) is 49.3 Å². The van der Waals surface area contributed by atoms with Crippen molar-refractivity contribution < 1.29 is 43.0 Å². The molecule has 16 nitrogen and oxygen atoms in total. The fraction of sp³-hybridized carbons (Fsp3) is 0.739. The van der Waals surface area contributed by atoms with Gasteiger partial charge in [0.25, 0.3) is 0 Å². The summed E-state index contributed by atoms with van der Waals surface area (Å²) >= 11 is 0. The number of nitrogens with two attached hydrogens (primary N) is 1. The van der Waals surface area contributed by atoms with Crippen LogP contribution >= 0.6 is 0 Å². The van der Waals surface area contributed by atoms with Crippen molar-refractivity contribution in [1.29, 1.82) is 0 Å². The zero-order valence-electron chi connectivity index (χ0n) is 39.5. The number of methoxy groups -OCH3 is 2. The Labute approximate surface area is 370 Å². The highest BCUT2D eigenvalue weighted by molar-refractivity contribution is 5.90. The van der Waals surface area contributed by atoms with Crippen LogP contribution in [0.2, 0.25) is 0 Å². The number of likely N-dealkylation sites (tertiary alicyclic amines) is 1. The quantitative estimate of drug-likeness (QED) is 0.0468. The second-order valence-corrected chi connectivity index (χ2v) is 17.7. The first-order chi connectivity index (χ1) is 29.3. The Morgan fingerprint density at radius 1 is 0.968 bits per heavy atom. The highest BCUT2D eigenvalue weighted by atomic mass is 16.5. The second-order valence-electron chi connectivity index (χ2n) is 17.7. The molecule has 2 rings (SSSR count). The molecule has 0 saturated carbocycles. The minimum atomic E-state index is -1.32. The predicted octanol–water partition coefficient (Wildman–Crippen LogP) is 2.46. The number of nitrogens with zero attached hydrogens (tertiary/aromatic N) is 2. The van der Waals surface area contributed by atoms with E-state index in [1.807, 2.05) is 71.9 Å². The van der Waals surface area contributed by atoms with Crippen molar-refractivity contribution in [3.05, 3.63) is 35.9 Å². The topological polar surface area (TPSA) is 211 Å². The lowest BCUT2D eigenvalue weighted by atomic mass is 9.88. The lowest BCUT2D eigenvalue weighted by molar-refractivity contribution is -0.148. The van der Waals surface area contributed by atoms with Crippen LogP contribution in [-0.2, 0) is 49.4 Å². The Hall–Kier alpha value is -3.96. The maximum absolute atomic E-state index is 14.4. The molecule has 1 aromatic carbocycles. The van der Waals surface area contributed by atoms with E-state index in [2.05, 4.69) is 21.3 Å². The van der Waals surface area contributed by atoms with Crippen LogP contribution in [0.5, 0.6) is 0 Å². The number of rotatable bonds is 28. The minimum absolute atomic E-state index is 0.0108. The highest BCUT2D eigenvalue weighted by Gasteiger charge is 2.44. The average Bonchev–Trinajstić information content (AvgIpc) is 3.73. The van der Waals surface area contributed by atoms with E-state index in [9.17, 15) is 28.8 Å². The van der Waals surface area contributed by atoms with Crippen molar-refractivity contribution in [3.63, 3.8) is 0 Å². The molecule has 6 N–H and O–H groups in total. The van der Waals surface area contributed by atoms with Gasteiger partial charge < -0.3 is 55.8 Å². The summed E-state index contributed by atoms with van der Waals surface area (Å²) < 4.78 is 17.2. The molecule has 0 radical (unpaired) electrons. The molecule has 62 heavy (non-hydrogen) atoms. The monoisotopic (exact) mass is 874 g/mol. The molecular formula is C46H79N7O9. The lowest BCUT2D eigenvalue weighted by Gasteiger charge is -2.41. The molecule has 1 unspecified atom stereocenters. The smallest absolute Gasteiger partial charge is 0.322 e. The summed E-state index contributed by atoms with van der Waals surface area (Å²) in [6, 6.07) is 6.48. The second kappa shape index (κ2) is 26.6. The van der Waals surface area contributed by atoms with E-state index in [1.165, 1.54) is 7.11 Å². The number of hydrogen-bond donors (Lipinski definition) is 5. The molecule has 0 bridgehead atoms. The first kappa shape index (κ1) is 54.2. The molecule has 10 atom stereocenters. The van der Waals surface area contributed by atoms with Crippen molar-refractivity contribution in [3.8, 4) is 0 Å². The summed E-state index contributed by atoms with van der Waals surface area (Å²) in [6.07, 6.45) is 2.06. The molecule has 16 heteroatoms. The van der Waals surface area contributed by atoms with E-state index < -0.39 is 65.8 Å². The summed E-state index contributed by atoms with van der Waals surface area (Å²) in [7, 11) is 6.50. The Morgan fingerprint density at radius 3 is 2.15 bits per heavy atom. The maximum Gasteiger partial charge on any atom is 0.322 e. The molecule has 1 aliphatic rings. The van der Waals surface area contributed by atoms with E-state index in [0.717, 1.165) is 11.8 Å². The molecule has 0 aromatic heterocycles. The minimum Gasteiger partial charge on any atom is -0.464 e. The normalized spacial score (nSPS) is 19.0. The van der Waals surface area contributed by atoms with Crippen molar-refractivity contribution >= 4 is 35.9 Å². The van der Waals surface area contributed by atoms with Crippen LogP contribution in [0, 0.1) is 23.7 Å². The largest absolute Gasteiger partial charge is 0.464 e. The summed E-state index contributed by atoms with van der Waals surface area (Å²) in [5.41, 5.74) is 5.11. The van der Waals surface area contributed by atoms with Crippen LogP contribution in [-0.4, -0.2) is 148 Å². The average molecular weight is 874 g/mol. The van der Waals surface area contributed by atoms with E-state index in [1.54, 1.807) is 44.9 Å². The molecule has 0 spiro atoms. The molecule has 1 aromatic rings. The summed E-state index contributed by atoms with van der Waals surface area (Å²) in [5.74, 6) is -2.62. The van der Waals surface area contributed by atoms with Crippen LogP contribution in [0.3, 0.4) is 0 Å². The van der Waals surface area contributed by atoms with Gasteiger partial charge >= 0.3 is 5.97 Å². The predicted molar refractivity (Wildman–Crippen MR) is 240 cm³/mol. The Balaban J connectivity index is 2.30. The summed E-state index contributed by atoms with van der Waals surface area (Å²) in [4.78, 5) is 84.2. The van der Waals surface area contributed by atoms with E-state index in [0.29, 0.717) is 38.8 Å². The van der Waals surface area contributed by atoms with Crippen molar-refractivity contribution in [1.82, 2.24) is 31.1 Å². The summed E-state index contributed by atoms with van der Waals surface area (Å²) in [6.45, 7) is 16.1. The molecule has 1 aliphatic heterocycles. The Bertz CT molecular complexity index is 1560. The molecular weight excluding hydrogens is 795 g/mol.